The van der Waals surface area contributed by atoms with E-state index in [9.17, 15) is 9.59 Å². The molecular formula is C17H19NO3. The van der Waals surface area contributed by atoms with Crippen LogP contribution in [0.4, 0.5) is 0 Å². The van der Waals surface area contributed by atoms with Crippen molar-refractivity contribution in [2.24, 2.45) is 5.41 Å². The van der Waals surface area contributed by atoms with E-state index in [1.54, 1.807) is 7.11 Å². The third kappa shape index (κ3) is 2.71. The van der Waals surface area contributed by atoms with Gasteiger partial charge in [0.15, 0.2) is 0 Å². The minimum Gasteiger partial charge on any atom is -0.497 e. The summed E-state index contributed by atoms with van der Waals surface area (Å²) in [5.41, 5.74) is 1.72. The van der Waals surface area contributed by atoms with Crippen LogP contribution >= 0.6 is 0 Å². The first-order valence-electron chi connectivity index (χ1n) is 7.29. The molecule has 21 heavy (non-hydrogen) atoms. The Kier molecular flexibility index (Phi) is 3.53. The highest BCUT2D eigenvalue weighted by atomic mass is 16.5. The molecule has 1 spiro atoms. The summed E-state index contributed by atoms with van der Waals surface area (Å²) in [7, 11) is 1.63. The van der Waals surface area contributed by atoms with Gasteiger partial charge in [-0.3, -0.25) is 9.59 Å². The first-order valence-corrected chi connectivity index (χ1v) is 7.29. The van der Waals surface area contributed by atoms with Crippen LogP contribution in [0.15, 0.2) is 35.9 Å². The van der Waals surface area contributed by atoms with Crippen molar-refractivity contribution >= 4 is 11.7 Å². The fourth-order valence-corrected chi connectivity index (χ4v) is 3.03. The van der Waals surface area contributed by atoms with Crippen LogP contribution in [0.1, 0.15) is 31.2 Å². The molecule has 1 atom stereocenters. The molecule has 4 nitrogen and oxygen atoms in total. The lowest BCUT2D eigenvalue weighted by Crippen LogP contribution is -2.23. The minimum atomic E-state index is -0.322. The maximum absolute atomic E-state index is 11.9. The summed E-state index contributed by atoms with van der Waals surface area (Å²) in [6.45, 7) is 0.497. The van der Waals surface area contributed by atoms with Crippen LogP contribution in [0, 0.1) is 5.41 Å². The number of ketones is 1. The zero-order valence-corrected chi connectivity index (χ0v) is 12.1. The zero-order valence-electron chi connectivity index (χ0n) is 12.1. The molecule has 2 aliphatic rings. The lowest BCUT2D eigenvalue weighted by atomic mass is 9.96. The van der Waals surface area contributed by atoms with Crippen LogP contribution < -0.4 is 10.1 Å². The Labute approximate surface area is 124 Å². The molecule has 0 bridgehead atoms. The average Bonchev–Trinajstić information content (AvgIpc) is 3.06. The van der Waals surface area contributed by atoms with Gasteiger partial charge in [-0.15, -0.1) is 0 Å². The number of hydrogen-bond donors (Lipinski definition) is 1. The number of Topliss-reactive ketones (excluding diaryl/α,β-unsaturated/α-hetero) is 1. The number of allylic oxidation sites excluding steroid dienone is 1. The smallest absolute Gasteiger partial charge is 0.224 e. The number of benzene rings is 1. The molecule has 0 aromatic heterocycles. The topological polar surface area (TPSA) is 55.4 Å². The van der Waals surface area contributed by atoms with Gasteiger partial charge in [-0.2, -0.15) is 0 Å². The Balaban J connectivity index is 1.47. The Morgan fingerprint density at radius 1 is 1.33 bits per heavy atom. The molecule has 0 radical (unpaired) electrons. The number of carbonyl (C=O) groups excluding carboxylic acids is 2. The molecule has 0 heterocycles. The van der Waals surface area contributed by atoms with Crippen molar-refractivity contribution in [2.45, 2.75) is 32.2 Å². The summed E-state index contributed by atoms with van der Waals surface area (Å²) in [6.07, 6.45) is 4.84. The van der Waals surface area contributed by atoms with Gasteiger partial charge in [-0.25, -0.2) is 0 Å². The molecule has 1 N–H and O–H groups in total. The van der Waals surface area contributed by atoms with Gasteiger partial charge in [0, 0.05) is 19.4 Å². The van der Waals surface area contributed by atoms with Crippen LogP contribution in [0.5, 0.6) is 5.75 Å². The van der Waals surface area contributed by atoms with Gasteiger partial charge < -0.3 is 10.1 Å². The maximum Gasteiger partial charge on any atom is 0.224 e. The van der Waals surface area contributed by atoms with E-state index in [2.05, 4.69) is 5.32 Å². The molecule has 0 aliphatic heterocycles. The summed E-state index contributed by atoms with van der Waals surface area (Å²) in [6, 6.07) is 7.60. The average molecular weight is 285 g/mol. The van der Waals surface area contributed by atoms with Gasteiger partial charge in [-0.05, 0) is 36.1 Å². The molecule has 110 valence electrons. The summed E-state index contributed by atoms with van der Waals surface area (Å²) in [4.78, 5) is 23.7. The summed E-state index contributed by atoms with van der Waals surface area (Å²) >= 11 is 0. The third-order valence-electron chi connectivity index (χ3n) is 4.38. The van der Waals surface area contributed by atoms with Gasteiger partial charge in [0.1, 0.15) is 11.5 Å². The van der Waals surface area contributed by atoms with Crippen molar-refractivity contribution in [3.05, 3.63) is 41.5 Å². The third-order valence-corrected chi connectivity index (χ3v) is 4.38. The SMILES string of the molecule is COc1ccc(CNC(=O)CC2=CC23CCCC3=O)cc1. The number of nitrogens with one attached hydrogen (secondary N) is 1. The van der Waals surface area contributed by atoms with Gasteiger partial charge in [0.25, 0.3) is 0 Å². The van der Waals surface area contributed by atoms with Crippen molar-refractivity contribution in [3.8, 4) is 5.75 Å². The lowest BCUT2D eigenvalue weighted by molar-refractivity contribution is -0.121. The van der Waals surface area contributed by atoms with Crippen LogP contribution in [0.25, 0.3) is 0 Å². The summed E-state index contributed by atoms with van der Waals surface area (Å²) < 4.78 is 5.09. The van der Waals surface area contributed by atoms with E-state index in [4.69, 9.17) is 4.74 Å². The van der Waals surface area contributed by atoms with Crippen molar-refractivity contribution in [2.75, 3.05) is 7.11 Å². The van der Waals surface area contributed by atoms with Gasteiger partial charge in [0.05, 0.1) is 12.5 Å². The second kappa shape index (κ2) is 5.35. The first kappa shape index (κ1) is 13.9. The number of hydrogen-bond acceptors (Lipinski definition) is 3. The Hall–Kier alpha value is -2.10. The van der Waals surface area contributed by atoms with Crippen molar-refractivity contribution < 1.29 is 14.3 Å². The second-order valence-corrected chi connectivity index (χ2v) is 5.72. The van der Waals surface area contributed by atoms with Crippen LogP contribution in [0.3, 0.4) is 0 Å². The molecule has 1 aromatic carbocycles. The molecule has 3 rings (SSSR count). The molecule has 1 aromatic rings. The van der Waals surface area contributed by atoms with Crippen LogP contribution in [-0.2, 0) is 16.1 Å². The normalized spacial score (nSPS) is 23.1. The summed E-state index contributed by atoms with van der Waals surface area (Å²) in [5.74, 6) is 1.07. The van der Waals surface area contributed by atoms with Crippen LogP contribution in [-0.4, -0.2) is 18.8 Å². The molecule has 1 amide bonds. The Bertz CT molecular complexity index is 603. The maximum atomic E-state index is 11.9. The van der Waals surface area contributed by atoms with E-state index in [-0.39, 0.29) is 11.3 Å². The van der Waals surface area contributed by atoms with E-state index in [0.717, 1.165) is 29.7 Å². The number of amides is 1. The van der Waals surface area contributed by atoms with Crippen LogP contribution in [0.2, 0.25) is 0 Å². The predicted octanol–water partition coefficient (Wildman–Crippen LogP) is 2.38. The van der Waals surface area contributed by atoms with Crippen molar-refractivity contribution in [1.82, 2.24) is 5.32 Å². The van der Waals surface area contributed by atoms with Gasteiger partial charge in [-0.1, -0.05) is 18.2 Å². The zero-order chi connectivity index (χ0) is 14.9. The number of rotatable bonds is 5. The highest BCUT2D eigenvalue weighted by Gasteiger charge is 2.52. The second-order valence-electron chi connectivity index (χ2n) is 5.72. The van der Waals surface area contributed by atoms with E-state index in [1.807, 2.05) is 30.3 Å². The fourth-order valence-electron chi connectivity index (χ4n) is 3.03. The van der Waals surface area contributed by atoms with Crippen molar-refractivity contribution in [3.63, 3.8) is 0 Å². The monoisotopic (exact) mass is 285 g/mol. The van der Waals surface area contributed by atoms with E-state index >= 15 is 0 Å². The van der Waals surface area contributed by atoms with Crippen molar-refractivity contribution in [1.29, 1.82) is 0 Å². The Morgan fingerprint density at radius 3 is 2.71 bits per heavy atom. The van der Waals surface area contributed by atoms with E-state index < -0.39 is 0 Å². The Morgan fingerprint density at radius 2 is 2.10 bits per heavy atom. The number of ether oxygens (including phenoxy) is 1. The van der Waals surface area contributed by atoms with E-state index in [1.165, 1.54) is 0 Å². The lowest BCUT2D eigenvalue weighted by Gasteiger charge is -2.09. The largest absolute Gasteiger partial charge is 0.497 e. The van der Waals surface area contributed by atoms with Gasteiger partial charge >= 0.3 is 0 Å². The molecule has 2 aliphatic carbocycles. The van der Waals surface area contributed by atoms with Gasteiger partial charge in [0.2, 0.25) is 5.91 Å². The summed E-state index contributed by atoms with van der Waals surface area (Å²) in [5, 5.41) is 2.90. The highest BCUT2D eigenvalue weighted by Crippen LogP contribution is 2.55. The first-order chi connectivity index (χ1) is 10.1. The minimum absolute atomic E-state index is 0.0198. The predicted molar refractivity (Wildman–Crippen MR) is 78.8 cm³/mol. The fraction of sp³-hybridized carbons (Fsp3) is 0.412. The molecule has 1 unspecified atom stereocenters. The quantitative estimate of drug-likeness (QED) is 0.845. The molecular weight excluding hydrogens is 266 g/mol. The molecule has 1 fully saturated rings. The standard InChI is InChI=1S/C17H19NO3/c1-21-14-6-4-12(5-7-14)11-18-16(20)9-13-10-17(13)8-2-3-15(17)19/h4-7,10H,2-3,8-9,11H2,1H3,(H,18,20). The number of methoxy groups -OCH3 is 1. The highest BCUT2D eigenvalue weighted by molar-refractivity contribution is 5.98. The van der Waals surface area contributed by atoms with E-state index in [0.29, 0.717) is 25.2 Å². The number of carbonyl (C=O) groups is 2. The molecule has 4 heteroatoms. The molecule has 1 saturated carbocycles. The molecule has 0 saturated heterocycles.